The fourth-order valence-electron chi connectivity index (χ4n) is 2.39. The highest BCUT2D eigenvalue weighted by atomic mass is 16.5. The Hall–Kier alpha value is -1.30. The largest absolute Gasteiger partial charge is 0.399 e. The van der Waals surface area contributed by atoms with Gasteiger partial charge in [-0.15, -0.1) is 0 Å². The van der Waals surface area contributed by atoms with Crippen LogP contribution >= 0.6 is 0 Å². The molecule has 1 aliphatic heterocycles. The van der Waals surface area contributed by atoms with Gasteiger partial charge in [0.1, 0.15) is 0 Å². The molecule has 0 spiro atoms. The van der Waals surface area contributed by atoms with Crippen molar-refractivity contribution in [1.82, 2.24) is 4.90 Å². The third-order valence-electron chi connectivity index (χ3n) is 3.59. The number of nitrogens with zero attached hydrogens (tertiary/aromatic N) is 2. The number of hydrogen-bond acceptors (Lipinski definition) is 5. The van der Waals surface area contributed by atoms with Crippen molar-refractivity contribution in [3.05, 3.63) is 24.3 Å². The summed E-state index contributed by atoms with van der Waals surface area (Å²) in [6.07, 6.45) is 0. The number of piperazine rings is 1. The Morgan fingerprint density at radius 3 is 2.60 bits per heavy atom. The molecule has 0 amide bonds. The second-order valence-electron chi connectivity index (χ2n) is 5.03. The number of nitrogens with two attached hydrogens (primary N) is 1. The lowest BCUT2D eigenvalue weighted by atomic mass is 10.2. The quantitative estimate of drug-likeness (QED) is 0.597. The number of ether oxygens (including phenoxy) is 2. The Bertz CT molecular complexity index is 392. The van der Waals surface area contributed by atoms with E-state index in [-0.39, 0.29) is 0 Å². The molecule has 0 bridgehead atoms. The van der Waals surface area contributed by atoms with E-state index >= 15 is 0 Å². The second-order valence-corrected chi connectivity index (χ2v) is 5.03. The Kier molecular flexibility index (Phi) is 6.11. The fraction of sp³-hybridized carbons (Fsp3) is 0.600. The van der Waals surface area contributed by atoms with E-state index in [1.165, 1.54) is 5.69 Å². The molecule has 2 N–H and O–H groups in total. The average molecular weight is 279 g/mol. The Morgan fingerprint density at radius 2 is 1.90 bits per heavy atom. The van der Waals surface area contributed by atoms with Crippen molar-refractivity contribution in [2.24, 2.45) is 0 Å². The van der Waals surface area contributed by atoms with Crippen LogP contribution in [0, 0.1) is 0 Å². The SMILES string of the molecule is COCCOCCN1CCN(c2cccc(N)c2)CC1. The molecule has 1 heterocycles. The zero-order valence-corrected chi connectivity index (χ0v) is 12.3. The monoisotopic (exact) mass is 279 g/mol. The van der Waals surface area contributed by atoms with Crippen LogP contribution < -0.4 is 10.6 Å². The molecular formula is C15H25N3O2. The molecule has 0 aromatic heterocycles. The van der Waals surface area contributed by atoms with Gasteiger partial charge in [0, 0.05) is 51.2 Å². The third kappa shape index (κ3) is 4.67. The molecule has 5 heteroatoms. The maximum Gasteiger partial charge on any atom is 0.0700 e. The van der Waals surface area contributed by atoms with E-state index in [2.05, 4.69) is 15.9 Å². The first-order valence-electron chi connectivity index (χ1n) is 7.19. The van der Waals surface area contributed by atoms with Gasteiger partial charge in [-0.1, -0.05) is 6.07 Å². The standard InChI is InChI=1S/C15H25N3O2/c1-19-11-12-20-10-9-17-5-7-18(8-6-17)15-4-2-3-14(16)13-15/h2-4,13H,5-12,16H2,1H3. The van der Waals surface area contributed by atoms with Gasteiger partial charge >= 0.3 is 0 Å². The van der Waals surface area contributed by atoms with Crippen molar-refractivity contribution in [3.8, 4) is 0 Å². The highest BCUT2D eigenvalue weighted by molar-refractivity contribution is 5.56. The summed E-state index contributed by atoms with van der Waals surface area (Å²) in [5.41, 5.74) is 7.89. The molecule has 1 saturated heterocycles. The summed E-state index contributed by atoms with van der Waals surface area (Å²) >= 11 is 0. The minimum Gasteiger partial charge on any atom is -0.399 e. The third-order valence-corrected chi connectivity index (χ3v) is 3.59. The maximum absolute atomic E-state index is 5.83. The molecule has 1 aliphatic rings. The average Bonchev–Trinajstić information content (AvgIpc) is 2.48. The lowest BCUT2D eigenvalue weighted by Crippen LogP contribution is -2.47. The highest BCUT2D eigenvalue weighted by Gasteiger charge is 2.16. The topological polar surface area (TPSA) is 51.0 Å². The van der Waals surface area contributed by atoms with Gasteiger partial charge in [0.2, 0.25) is 0 Å². The predicted molar refractivity (Wildman–Crippen MR) is 82.2 cm³/mol. The van der Waals surface area contributed by atoms with Crippen LogP contribution in [0.3, 0.4) is 0 Å². The minimum absolute atomic E-state index is 0.670. The minimum atomic E-state index is 0.670. The summed E-state index contributed by atoms with van der Waals surface area (Å²) in [6, 6.07) is 8.11. The van der Waals surface area contributed by atoms with Crippen molar-refractivity contribution >= 4 is 11.4 Å². The first kappa shape index (κ1) is 15.1. The van der Waals surface area contributed by atoms with E-state index in [0.29, 0.717) is 13.2 Å². The van der Waals surface area contributed by atoms with Crippen LogP contribution in [0.1, 0.15) is 0 Å². The zero-order chi connectivity index (χ0) is 14.2. The van der Waals surface area contributed by atoms with Crippen LogP contribution in [-0.2, 0) is 9.47 Å². The molecule has 0 atom stereocenters. The van der Waals surface area contributed by atoms with Crippen LogP contribution in [0.2, 0.25) is 0 Å². The van der Waals surface area contributed by atoms with Crippen molar-refractivity contribution in [3.63, 3.8) is 0 Å². The number of nitrogen functional groups attached to an aromatic ring is 1. The summed E-state index contributed by atoms with van der Waals surface area (Å²) in [6.45, 7) is 7.35. The Labute approximate surface area is 121 Å². The summed E-state index contributed by atoms with van der Waals surface area (Å²) in [5.74, 6) is 0. The molecule has 20 heavy (non-hydrogen) atoms. The summed E-state index contributed by atoms with van der Waals surface area (Å²) in [7, 11) is 1.69. The van der Waals surface area contributed by atoms with Gasteiger partial charge in [-0.25, -0.2) is 0 Å². The van der Waals surface area contributed by atoms with Crippen molar-refractivity contribution in [1.29, 1.82) is 0 Å². The normalized spacial score (nSPS) is 16.6. The molecule has 1 aromatic carbocycles. The van der Waals surface area contributed by atoms with E-state index in [4.69, 9.17) is 15.2 Å². The summed E-state index contributed by atoms with van der Waals surface area (Å²) in [4.78, 5) is 4.83. The van der Waals surface area contributed by atoms with Crippen LogP contribution in [0.5, 0.6) is 0 Å². The molecule has 2 rings (SSSR count). The van der Waals surface area contributed by atoms with E-state index in [0.717, 1.165) is 45.0 Å². The van der Waals surface area contributed by atoms with Gasteiger partial charge in [0.05, 0.1) is 19.8 Å². The van der Waals surface area contributed by atoms with Gasteiger partial charge < -0.3 is 20.1 Å². The van der Waals surface area contributed by atoms with Gasteiger partial charge in [-0.05, 0) is 18.2 Å². The van der Waals surface area contributed by atoms with Crippen LogP contribution in [-0.4, -0.2) is 64.6 Å². The molecule has 0 aliphatic carbocycles. The van der Waals surface area contributed by atoms with E-state index in [9.17, 15) is 0 Å². The van der Waals surface area contributed by atoms with Crippen molar-refractivity contribution in [2.45, 2.75) is 0 Å². The molecule has 0 radical (unpaired) electrons. The first-order chi connectivity index (χ1) is 9.79. The molecular weight excluding hydrogens is 254 g/mol. The van der Waals surface area contributed by atoms with Gasteiger partial charge in [-0.2, -0.15) is 0 Å². The Morgan fingerprint density at radius 1 is 1.10 bits per heavy atom. The Balaban J connectivity index is 1.67. The van der Waals surface area contributed by atoms with Crippen LogP contribution in [0.25, 0.3) is 0 Å². The molecule has 0 saturated carbocycles. The van der Waals surface area contributed by atoms with Crippen molar-refractivity contribution < 1.29 is 9.47 Å². The highest BCUT2D eigenvalue weighted by Crippen LogP contribution is 2.18. The lowest BCUT2D eigenvalue weighted by molar-refractivity contribution is 0.0563. The second kappa shape index (κ2) is 8.09. The molecule has 1 aromatic rings. The number of hydrogen-bond donors (Lipinski definition) is 1. The smallest absolute Gasteiger partial charge is 0.0700 e. The first-order valence-corrected chi connectivity index (χ1v) is 7.19. The van der Waals surface area contributed by atoms with E-state index in [1.54, 1.807) is 7.11 Å². The molecule has 5 nitrogen and oxygen atoms in total. The number of methoxy groups -OCH3 is 1. The lowest BCUT2D eigenvalue weighted by Gasteiger charge is -2.36. The molecule has 112 valence electrons. The van der Waals surface area contributed by atoms with Gasteiger partial charge in [0.15, 0.2) is 0 Å². The molecule has 1 fully saturated rings. The zero-order valence-electron chi connectivity index (χ0n) is 12.3. The van der Waals surface area contributed by atoms with Gasteiger partial charge in [0.25, 0.3) is 0 Å². The van der Waals surface area contributed by atoms with Crippen molar-refractivity contribution in [2.75, 3.05) is 70.3 Å². The maximum atomic E-state index is 5.83. The number of rotatable bonds is 7. The van der Waals surface area contributed by atoms with Gasteiger partial charge in [-0.3, -0.25) is 4.90 Å². The van der Waals surface area contributed by atoms with E-state index in [1.807, 2.05) is 18.2 Å². The van der Waals surface area contributed by atoms with E-state index < -0.39 is 0 Å². The number of anilines is 2. The summed E-state index contributed by atoms with van der Waals surface area (Å²) < 4.78 is 10.5. The molecule has 0 unspecified atom stereocenters. The van der Waals surface area contributed by atoms with Crippen LogP contribution in [0.4, 0.5) is 11.4 Å². The number of benzene rings is 1. The fourth-order valence-corrected chi connectivity index (χ4v) is 2.39. The predicted octanol–water partition coefficient (Wildman–Crippen LogP) is 1.05. The summed E-state index contributed by atoms with van der Waals surface area (Å²) in [5, 5.41) is 0. The van der Waals surface area contributed by atoms with Crippen LogP contribution in [0.15, 0.2) is 24.3 Å².